The molecule has 0 spiro atoms. The third kappa shape index (κ3) is 1.63. The Kier molecular flexibility index (Phi) is 2.49. The van der Waals surface area contributed by atoms with Gasteiger partial charge in [0.2, 0.25) is 0 Å². The van der Waals surface area contributed by atoms with E-state index >= 15 is 0 Å². The molecule has 15 heavy (non-hydrogen) atoms. The van der Waals surface area contributed by atoms with E-state index in [0.29, 0.717) is 11.3 Å². The van der Waals surface area contributed by atoms with Crippen molar-refractivity contribution in [2.75, 3.05) is 26.1 Å². The summed E-state index contributed by atoms with van der Waals surface area (Å²) in [6.07, 6.45) is 0.965. The minimum Gasteiger partial charge on any atom is -0.496 e. The third-order valence-corrected chi connectivity index (χ3v) is 2.54. The second kappa shape index (κ2) is 3.81. The summed E-state index contributed by atoms with van der Waals surface area (Å²) in [6, 6.07) is 3.68. The number of ether oxygens (including phenoxy) is 2. The van der Waals surface area contributed by atoms with Crippen LogP contribution in [-0.4, -0.2) is 26.7 Å². The van der Waals surface area contributed by atoms with Gasteiger partial charge in [0, 0.05) is 12.2 Å². The summed E-state index contributed by atoms with van der Waals surface area (Å²) >= 11 is 0. The lowest BCUT2D eigenvalue weighted by Crippen LogP contribution is -2.05. The predicted octanol–water partition coefficient (Wildman–Crippen LogP) is 1.45. The van der Waals surface area contributed by atoms with Crippen LogP contribution >= 0.6 is 0 Å². The molecule has 0 aliphatic carbocycles. The highest BCUT2D eigenvalue weighted by Gasteiger charge is 2.19. The molecule has 0 bridgehead atoms. The number of benzene rings is 1. The lowest BCUT2D eigenvalue weighted by atomic mass is 10.1. The van der Waals surface area contributed by atoms with Gasteiger partial charge in [-0.25, -0.2) is 4.79 Å². The molecule has 80 valence electrons. The van der Waals surface area contributed by atoms with E-state index in [-0.39, 0.29) is 5.97 Å². The van der Waals surface area contributed by atoms with E-state index in [2.05, 4.69) is 5.32 Å². The molecule has 1 aromatic rings. The third-order valence-electron chi connectivity index (χ3n) is 2.54. The summed E-state index contributed by atoms with van der Waals surface area (Å²) in [7, 11) is 2.92. The van der Waals surface area contributed by atoms with Crippen LogP contribution in [0.15, 0.2) is 12.1 Å². The predicted molar refractivity (Wildman–Crippen MR) is 56.5 cm³/mol. The fraction of sp³-hybridized carbons (Fsp3) is 0.364. The van der Waals surface area contributed by atoms with Crippen LogP contribution in [0.25, 0.3) is 0 Å². The van der Waals surface area contributed by atoms with E-state index in [1.54, 1.807) is 13.2 Å². The molecule has 0 aromatic heterocycles. The summed E-state index contributed by atoms with van der Waals surface area (Å²) in [5, 5.41) is 3.21. The van der Waals surface area contributed by atoms with Crippen LogP contribution in [0, 0.1) is 0 Å². The molecule has 0 radical (unpaired) electrons. The van der Waals surface area contributed by atoms with Gasteiger partial charge in [0.1, 0.15) is 11.3 Å². The molecular formula is C11H13NO3. The van der Waals surface area contributed by atoms with Gasteiger partial charge < -0.3 is 14.8 Å². The first-order valence-corrected chi connectivity index (χ1v) is 4.79. The van der Waals surface area contributed by atoms with Gasteiger partial charge in [-0.1, -0.05) is 0 Å². The molecule has 0 saturated heterocycles. The Morgan fingerprint density at radius 1 is 1.40 bits per heavy atom. The Labute approximate surface area is 88.2 Å². The van der Waals surface area contributed by atoms with Crippen LogP contribution in [0.1, 0.15) is 15.9 Å². The average molecular weight is 207 g/mol. The van der Waals surface area contributed by atoms with Crippen molar-refractivity contribution in [3.8, 4) is 5.75 Å². The highest BCUT2D eigenvalue weighted by Crippen LogP contribution is 2.30. The lowest BCUT2D eigenvalue weighted by Gasteiger charge is -2.09. The highest BCUT2D eigenvalue weighted by atomic mass is 16.5. The molecule has 1 N–H and O–H groups in total. The zero-order valence-corrected chi connectivity index (χ0v) is 8.79. The fourth-order valence-corrected chi connectivity index (χ4v) is 1.76. The second-order valence-electron chi connectivity index (χ2n) is 3.38. The number of fused-ring (bicyclic) bond motifs is 1. The molecule has 0 amide bonds. The Balaban J connectivity index is 2.48. The molecule has 4 heteroatoms. The van der Waals surface area contributed by atoms with Gasteiger partial charge in [-0.3, -0.25) is 0 Å². The zero-order valence-electron chi connectivity index (χ0n) is 8.79. The zero-order chi connectivity index (χ0) is 10.8. The van der Waals surface area contributed by atoms with E-state index in [1.165, 1.54) is 12.7 Å². The maximum Gasteiger partial charge on any atom is 0.341 e. The molecule has 2 rings (SSSR count). The van der Waals surface area contributed by atoms with Crippen molar-refractivity contribution >= 4 is 11.7 Å². The van der Waals surface area contributed by atoms with Gasteiger partial charge >= 0.3 is 5.97 Å². The maximum absolute atomic E-state index is 11.5. The molecule has 0 atom stereocenters. The summed E-state index contributed by atoms with van der Waals surface area (Å²) in [4.78, 5) is 11.5. The van der Waals surface area contributed by atoms with E-state index in [1.807, 2.05) is 6.07 Å². The van der Waals surface area contributed by atoms with Crippen LogP contribution in [0.3, 0.4) is 0 Å². The number of methoxy groups -OCH3 is 2. The molecule has 1 aromatic carbocycles. The number of carbonyl (C=O) groups is 1. The van der Waals surface area contributed by atoms with Crippen molar-refractivity contribution < 1.29 is 14.3 Å². The number of carbonyl (C=O) groups excluding carboxylic acids is 1. The van der Waals surface area contributed by atoms with Gasteiger partial charge in [-0.15, -0.1) is 0 Å². The van der Waals surface area contributed by atoms with Gasteiger partial charge in [0.15, 0.2) is 0 Å². The second-order valence-corrected chi connectivity index (χ2v) is 3.38. The Bertz CT molecular complexity index is 401. The number of esters is 1. The number of anilines is 1. The topological polar surface area (TPSA) is 47.6 Å². The SMILES string of the molecule is COC(=O)c1cc2c(cc1OC)CCN2. The maximum atomic E-state index is 11.5. The van der Waals surface area contributed by atoms with Crippen molar-refractivity contribution in [1.82, 2.24) is 0 Å². The van der Waals surface area contributed by atoms with Crippen LogP contribution in [0.5, 0.6) is 5.75 Å². The number of hydrogen-bond acceptors (Lipinski definition) is 4. The first-order chi connectivity index (χ1) is 7.26. The smallest absolute Gasteiger partial charge is 0.341 e. The monoisotopic (exact) mass is 207 g/mol. The number of nitrogens with one attached hydrogen (secondary N) is 1. The van der Waals surface area contributed by atoms with Crippen molar-refractivity contribution in [3.05, 3.63) is 23.3 Å². The average Bonchev–Trinajstić information content (AvgIpc) is 2.73. The first kappa shape index (κ1) is 9.83. The van der Waals surface area contributed by atoms with Gasteiger partial charge in [0.05, 0.1) is 14.2 Å². The molecule has 1 aliphatic rings. The van der Waals surface area contributed by atoms with E-state index in [4.69, 9.17) is 9.47 Å². The summed E-state index contributed by atoms with van der Waals surface area (Å²) in [5.74, 6) is 0.202. The van der Waals surface area contributed by atoms with Crippen LogP contribution in [0.2, 0.25) is 0 Å². The highest BCUT2D eigenvalue weighted by molar-refractivity contribution is 5.94. The van der Waals surface area contributed by atoms with Crippen LogP contribution in [0.4, 0.5) is 5.69 Å². The van der Waals surface area contributed by atoms with E-state index in [0.717, 1.165) is 18.7 Å². The summed E-state index contributed by atoms with van der Waals surface area (Å²) < 4.78 is 9.86. The standard InChI is InChI=1S/C11H13NO3/c1-14-10-5-7-3-4-12-9(7)6-8(10)11(13)15-2/h5-6,12H,3-4H2,1-2H3. The van der Waals surface area contributed by atoms with Gasteiger partial charge in [-0.05, 0) is 24.1 Å². The first-order valence-electron chi connectivity index (χ1n) is 4.79. The molecule has 0 unspecified atom stereocenters. The van der Waals surface area contributed by atoms with Crippen molar-refractivity contribution in [2.45, 2.75) is 6.42 Å². The van der Waals surface area contributed by atoms with Crippen LogP contribution < -0.4 is 10.1 Å². The Hall–Kier alpha value is -1.71. The molecule has 0 fully saturated rings. The van der Waals surface area contributed by atoms with Crippen molar-refractivity contribution in [1.29, 1.82) is 0 Å². The molecule has 0 saturated carbocycles. The molecule has 1 heterocycles. The molecule has 1 aliphatic heterocycles. The largest absolute Gasteiger partial charge is 0.496 e. The summed E-state index contributed by atoms with van der Waals surface area (Å²) in [5.41, 5.74) is 2.64. The van der Waals surface area contributed by atoms with Gasteiger partial charge in [0.25, 0.3) is 0 Å². The minimum atomic E-state index is -0.372. The molecular weight excluding hydrogens is 194 g/mol. The molecule has 4 nitrogen and oxygen atoms in total. The normalized spacial score (nSPS) is 12.9. The number of hydrogen-bond donors (Lipinski definition) is 1. The van der Waals surface area contributed by atoms with Crippen molar-refractivity contribution in [2.24, 2.45) is 0 Å². The van der Waals surface area contributed by atoms with Crippen LogP contribution in [-0.2, 0) is 11.2 Å². The lowest BCUT2D eigenvalue weighted by molar-refractivity contribution is 0.0597. The van der Waals surface area contributed by atoms with Crippen molar-refractivity contribution in [3.63, 3.8) is 0 Å². The van der Waals surface area contributed by atoms with Gasteiger partial charge in [-0.2, -0.15) is 0 Å². The quantitative estimate of drug-likeness (QED) is 0.746. The minimum absolute atomic E-state index is 0.372. The Morgan fingerprint density at radius 3 is 2.87 bits per heavy atom. The number of rotatable bonds is 2. The van der Waals surface area contributed by atoms with E-state index < -0.39 is 0 Å². The van der Waals surface area contributed by atoms with E-state index in [9.17, 15) is 4.79 Å². The fourth-order valence-electron chi connectivity index (χ4n) is 1.76. The Morgan fingerprint density at radius 2 is 2.20 bits per heavy atom. The summed E-state index contributed by atoms with van der Waals surface area (Å²) in [6.45, 7) is 0.906.